The van der Waals surface area contributed by atoms with Crippen LogP contribution < -0.4 is 4.90 Å². The van der Waals surface area contributed by atoms with Crippen molar-refractivity contribution in [1.82, 2.24) is 15.2 Å². The van der Waals surface area contributed by atoms with E-state index in [-0.39, 0.29) is 5.92 Å². The number of carboxylic acids is 1. The molecule has 1 atom stereocenters. The number of aliphatic carboxylic acids is 1. The van der Waals surface area contributed by atoms with Crippen LogP contribution in [0.4, 0.5) is 5.82 Å². The topological polar surface area (TPSA) is 79.2 Å². The lowest BCUT2D eigenvalue weighted by molar-refractivity contribution is -0.141. The van der Waals surface area contributed by atoms with E-state index in [4.69, 9.17) is 5.11 Å². The number of hydrogen-bond donors (Lipinski definition) is 1. The lowest BCUT2D eigenvalue weighted by Gasteiger charge is -2.31. The van der Waals surface area contributed by atoms with Crippen molar-refractivity contribution in [3.05, 3.63) is 36.7 Å². The standard InChI is InChI=1S/C15H16N4O2/c20-15(21)12-4-2-8-19(10-12)14-6-5-13(17-18-14)11-3-1-7-16-9-11/h1,3,5-7,9,12H,2,4,8,10H2,(H,20,21). The Labute approximate surface area is 122 Å². The van der Waals surface area contributed by atoms with E-state index in [1.165, 1.54) is 0 Å². The van der Waals surface area contributed by atoms with Gasteiger partial charge in [0.25, 0.3) is 0 Å². The predicted octanol–water partition coefficient (Wildman–Crippen LogP) is 1.84. The second-order valence-electron chi connectivity index (χ2n) is 5.14. The van der Waals surface area contributed by atoms with Crippen molar-refractivity contribution in [1.29, 1.82) is 0 Å². The summed E-state index contributed by atoms with van der Waals surface area (Å²) in [5.41, 5.74) is 1.68. The Hall–Kier alpha value is -2.50. The van der Waals surface area contributed by atoms with Gasteiger partial charge in [0.2, 0.25) is 0 Å². The zero-order chi connectivity index (χ0) is 14.7. The number of carbonyl (C=O) groups is 1. The summed E-state index contributed by atoms with van der Waals surface area (Å²) in [6.07, 6.45) is 5.05. The van der Waals surface area contributed by atoms with Gasteiger partial charge in [-0.25, -0.2) is 0 Å². The van der Waals surface area contributed by atoms with E-state index in [1.54, 1.807) is 12.4 Å². The average molecular weight is 284 g/mol. The molecule has 2 aromatic rings. The second-order valence-corrected chi connectivity index (χ2v) is 5.14. The SMILES string of the molecule is O=C(O)C1CCCN(c2ccc(-c3cccnc3)nn2)C1. The van der Waals surface area contributed by atoms with Gasteiger partial charge in [0.15, 0.2) is 5.82 Å². The number of rotatable bonds is 3. The van der Waals surface area contributed by atoms with Crippen molar-refractivity contribution in [2.45, 2.75) is 12.8 Å². The van der Waals surface area contributed by atoms with E-state index in [0.29, 0.717) is 6.54 Å². The molecule has 1 fully saturated rings. The molecule has 1 N–H and O–H groups in total. The Balaban J connectivity index is 1.76. The molecule has 108 valence electrons. The molecule has 0 radical (unpaired) electrons. The van der Waals surface area contributed by atoms with E-state index in [0.717, 1.165) is 36.5 Å². The minimum atomic E-state index is -0.736. The first-order valence-corrected chi connectivity index (χ1v) is 6.96. The summed E-state index contributed by atoms with van der Waals surface area (Å²) >= 11 is 0. The number of pyridine rings is 1. The van der Waals surface area contributed by atoms with E-state index < -0.39 is 5.97 Å². The van der Waals surface area contributed by atoms with Crippen LogP contribution in [0.15, 0.2) is 36.7 Å². The highest BCUT2D eigenvalue weighted by atomic mass is 16.4. The number of aromatic nitrogens is 3. The van der Waals surface area contributed by atoms with E-state index in [2.05, 4.69) is 15.2 Å². The van der Waals surface area contributed by atoms with Gasteiger partial charge in [-0.1, -0.05) is 0 Å². The third-order valence-electron chi connectivity index (χ3n) is 3.70. The summed E-state index contributed by atoms with van der Waals surface area (Å²) < 4.78 is 0. The third-order valence-corrected chi connectivity index (χ3v) is 3.70. The number of carboxylic acid groups (broad SMARTS) is 1. The van der Waals surface area contributed by atoms with Gasteiger partial charge in [-0.3, -0.25) is 9.78 Å². The van der Waals surface area contributed by atoms with Gasteiger partial charge in [-0.15, -0.1) is 10.2 Å². The second kappa shape index (κ2) is 5.87. The lowest BCUT2D eigenvalue weighted by atomic mass is 9.98. The number of piperidine rings is 1. The monoisotopic (exact) mass is 284 g/mol. The average Bonchev–Trinajstić information content (AvgIpc) is 2.56. The third kappa shape index (κ3) is 2.99. The van der Waals surface area contributed by atoms with E-state index in [9.17, 15) is 4.79 Å². The normalized spacial score (nSPS) is 18.5. The van der Waals surface area contributed by atoms with Crippen molar-refractivity contribution in [2.75, 3.05) is 18.0 Å². The maximum absolute atomic E-state index is 11.1. The van der Waals surface area contributed by atoms with Gasteiger partial charge >= 0.3 is 5.97 Å². The molecule has 6 nitrogen and oxygen atoms in total. The van der Waals surface area contributed by atoms with Crippen molar-refractivity contribution in [2.24, 2.45) is 5.92 Å². The van der Waals surface area contributed by atoms with Crippen molar-refractivity contribution >= 4 is 11.8 Å². The van der Waals surface area contributed by atoms with Gasteiger partial charge in [-0.2, -0.15) is 0 Å². The van der Waals surface area contributed by atoms with Crippen molar-refractivity contribution in [3.8, 4) is 11.3 Å². The van der Waals surface area contributed by atoms with Crippen LogP contribution in [-0.2, 0) is 4.79 Å². The molecule has 0 aromatic carbocycles. The van der Waals surface area contributed by atoms with Gasteiger partial charge in [0.05, 0.1) is 11.6 Å². The minimum Gasteiger partial charge on any atom is -0.481 e. The molecule has 3 heterocycles. The Morgan fingerprint density at radius 2 is 2.19 bits per heavy atom. The smallest absolute Gasteiger partial charge is 0.308 e. The summed E-state index contributed by atoms with van der Waals surface area (Å²) in [5, 5.41) is 17.6. The molecule has 3 rings (SSSR count). The van der Waals surface area contributed by atoms with Crippen molar-refractivity contribution < 1.29 is 9.90 Å². The Morgan fingerprint density at radius 3 is 2.86 bits per heavy atom. The zero-order valence-corrected chi connectivity index (χ0v) is 11.5. The molecule has 1 saturated heterocycles. The molecule has 0 aliphatic carbocycles. The van der Waals surface area contributed by atoms with Crippen LogP contribution in [0, 0.1) is 5.92 Å². The quantitative estimate of drug-likeness (QED) is 0.926. The highest BCUT2D eigenvalue weighted by Gasteiger charge is 2.26. The summed E-state index contributed by atoms with van der Waals surface area (Å²) in [4.78, 5) is 17.1. The van der Waals surface area contributed by atoms with E-state index >= 15 is 0 Å². The van der Waals surface area contributed by atoms with Crippen LogP contribution in [0.3, 0.4) is 0 Å². The number of anilines is 1. The molecule has 2 aromatic heterocycles. The largest absolute Gasteiger partial charge is 0.481 e. The minimum absolute atomic E-state index is 0.321. The molecule has 6 heteroatoms. The molecule has 1 aliphatic heterocycles. The summed E-state index contributed by atoms with van der Waals surface area (Å²) in [6, 6.07) is 7.56. The number of nitrogens with zero attached hydrogens (tertiary/aromatic N) is 4. The highest BCUT2D eigenvalue weighted by molar-refractivity contribution is 5.71. The highest BCUT2D eigenvalue weighted by Crippen LogP contribution is 2.23. The Kier molecular flexibility index (Phi) is 3.77. The molecular weight excluding hydrogens is 268 g/mol. The van der Waals surface area contributed by atoms with Crippen LogP contribution in [-0.4, -0.2) is 39.3 Å². The maximum Gasteiger partial charge on any atom is 0.308 e. The zero-order valence-electron chi connectivity index (χ0n) is 11.5. The Morgan fingerprint density at radius 1 is 1.29 bits per heavy atom. The van der Waals surface area contributed by atoms with Crippen LogP contribution >= 0.6 is 0 Å². The molecule has 0 spiro atoms. The van der Waals surface area contributed by atoms with Gasteiger partial charge < -0.3 is 10.0 Å². The summed E-state index contributed by atoms with van der Waals surface area (Å²) in [6.45, 7) is 1.32. The molecule has 0 saturated carbocycles. The van der Waals surface area contributed by atoms with Crippen molar-refractivity contribution in [3.63, 3.8) is 0 Å². The first kappa shape index (κ1) is 13.5. The predicted molar refractivity (Wildman–Crippen MR) is 77.8 cm³/mol. The van der Waals surface area contributed by atoms with Gasteiger partial charge in [-0.05, 0) is 37.1 Å². The first-order chi connectivity index (χ1) is 10.2. The molecule has 1 aliphatic rings. The first-order valence-electron chi connectivity index (χ1n) is 6.96. The van der Waals surface area contributed by atoms with E-state index in [1.807, 2.05) is 29.2 Å². The molecular formula is C15H16N4O2. The number of hydrogen-bond acceptors (Lipinski definition) is 5. The van der Waals surface area contributed by atoms with Crippen LogP contribution in [0.2, 0.25) is 0 Å². The van der Waals surface area contributed by atoms with Crippen LogP contribution in [0.1, 0.15) is 12.8 Å². The molecule has 0 bridgehead atoms. The summed E-state index contributed by atoms with van der Waals surface area (Å²) in [5.74, 6) is -0.327. The fourth-order valence-corrected chi connectivity index (χ4v) is 2.55. The van der Waals surface area contributed by atoms with Gasteiger partial charge in [0, 0.05) is 31.0 Å². The Bertz CT molecular complexity index is 615. The van der Waals surface area contributed by atoms with Crippen LogP contribution in [0.25, 0.3) is 11.3 Å². The maximum atomic E-state index is 11.1. The molecule has 21 heavy (non-hydrogen) atoms. The lowest BCUT2D eigenvalue weighted by Crippen LogP contribution is -2.39. The molecule has 1 unspecified atom stereocenters. The van der Waals surface area contributed by atoms with Crippen LogP contribution in [0.5, 0.6) is 0 Å². The fourth-order valence-electron chi connectivity index (χ4n) is 2.55. The fraction of sp³-hybridized carbons (Fsp3) is 0.333. The summed E-state index contributed by atoms with van der Waals surface area (Å²) in [7, 11) is 0. The van der Waals surface area contributed by atoms with Gasteiger partial charge in [0.1, 0.15) is 0 Å². The molecule has 0 amide bonds.